The van der Waals surface area contributed by atoms with Crippen molar-refractivity contribution >= 4 is 40.5 Å². The van der Waals surface area contributed by atoms with E-state index in [4.69, 9.17) is 4.42 Å². The third-order valence-electron chi connectivity index (χ3n) is 2.58. The number of furan rings is 1. The normalized spacial score (nSPS) is 10.6. The summed E-state index contributed by atoms with van der Waals surface area (Å²) in [6.07, 6.45) is 2.81. The molecule has 1 heterocycles. The maximum Gasteiger partial charge on any atom is 0.270 e. The summed E-state index contributed by atoms with van der Waals surface area (Å²) in [5, 5.41) is 0. The van der Waals surface area contributed by atoms with Gasteiger partial charge in [0, 0.05) is 9.65 Å². The number of hydrazine groups is 1. The van der Waals surface area contributed by atoms with Crippen molar-refractivity contribution in [1.82, 2.24) is 10.9 Å². The highest BCUT2D eigenvalue weighted by atomic mass is 127. The third kappa shape index (κ3) is 4.45. The molecule has 6 heteroatoms. The monoisotopic (exact) mass is 396 g/mol. The highest BCUT2D eigenvalue weighted by molar-refractivity contribution is 14.1. The Balaban J connectivity index is 1.88. The molecule has 0 aliphatic carbocycles. The molecule has 0 spiro atoms. The first kappa shape index (κ1) is 15.3. The first-order chi connectivity index (χ1) is 10.1. The van der Waals surface area contributed by atoms with E-state index < -0.39 is 5.91 Å². The van der Waals surface area contributed by atoms with E-state index in [1.54, 1.807) is 24.3 Å². The Morgan fingerprint density at radius 3 is 2.57 bits per heavy atom. The van der Waals surface area contributed by atoms with E-state index in [-0.39, 0.29) is 5.91 Å². The minimum absolute atomic E-state index is 0.365. The SMILES string of the molecule is Cc1ccc(/C=C/C(=O)NNC(=O)c2ccccc2I)o1. The van der Waals surface area contributed by atoms with Crippen LogP contribution >= 0.6 is 22.6 Å². The molecule has 2 rings (SSSR count). The Morgan fingerprint density at radius 2 is 1.90 bits per heavy atom. The minimum Gasteiger partial charge on any atom is -0.462 e. The molecular weight excluding hydrogens is 383 g/mol. The zero-order valence-corrected chi connectivity index (χ0v) is 13.4. The summed E-state index contributed by atoms with van der Waals surface area (Å²) in [5.41, 5.74) is 5.17. The molecule has 2 amide bonds. The van der Waals surface area contributed by atoms with Crippen molar-refractivity contribution in [3.63, 3.8) is 0 Å². The summed E-state index contributed by atoms with van der Waals surface area (Å²) in [6.45, 7) is 1.82. The van der Waals surface area contributed by atoms with Gasteiger partial charge in [-0.1, -0.05) is 12.1 Å². The van der Waals surface area contributed by atoms with Gasteiger partial charge < -0.3 is 4.42 Å². The van der Waals surface area contributed by atoms with E-state index >= 15 is 0 Å². The average Bonchev–Trinajstić information content (AvgIpc) is 2.89. The third-order valence-corrected chi connectivity index (χ3v) is 3.52. The topological polar surface area (TPSA) is 71.3 Å². The molecule has 1 aromatic heterocycles. The van der Waals surface area contributed by atoms with Crippen LogP contribution in [0.2, 0.25) is 0 Å². The molecule has 108 valence electrons. The highest BCUT2D eigenvalue weighted by Gasteiger charge is 2.09. The molecule has 2 N–H and O–H groups in total. The largest absolute Gasteiger partial charge is 0.462 e. The summed E-state index contributed by atoms with van der Waals surface area (Å²) in [7, 11) is 0. The first-order valence-electron chi connectivity index (χ1n) is 6.15. The second-order valence-electron chi connectivity index (χ2n) is 4.20. The van der Waals surface area contributed by atoms with Gasteiger partial charge in [0.2, 0.25) is 0 Å². The van der Waals surface area contributed by atoms with Gasteiger partial charge in [0.1, 0.15) is 11.5 Å². The molecule has 0 bridgehead atoms. The lowest BCUT2D eigenvalue weighted by Gasteiger charge is -2.06. The van der Waals surface area contributed by atoms with Crippen LogP contribution in [0, 0.1) is 10.5 Å². The van der Waals surface area contributed by atoms with E-state index in [2.05, 4.69) is 33.4 Å². The maximum atomic E-state index is 11.9. The molecule has 2 aromatic rings. The van der Waals surface area contributed by atoms with Crippen molar-refractivity contribution < 1.29 is 14.0 Å². The van der Waals surface area contributed by atoms with Crippen LogP contribution in [0.1, 0.15) is 21.9 Å². The molecular formula is C15H13IN2O3. The summed E-state index contributed by atoms with van der Waals surface area (Å²) in [5.74, 6) is 0.535. The predicted molar refractivity (Wildman–Crippen MR) is 87.2 cm³/mol. The Morgan fingerprint density at radius 1 is 1.14 bits per heavy atom. The van der Waals surface area contributed by atoms with Crippen LogP contribution in [0.15, 0.2) is 46.9 Å². The molecule has 0 saturated carbocycles. The van der Waals surface area contributed by atoms with Crippen LogP contribution in [-0.4, -0.2) is 11.8 Å². The number of carbonyl (C=O) groups excluding carboxylic acids is 2. The fraction of sp³-hybridized carbons (Fsp3) is 0.0667. The number of hydrogen-bond donors (Lipinski definition) is 2. The number of aryl methyl sites for hydroxylation is 1. The number of carbonyl (C=O) groups is 2. The van der Waals surface area contributed by atoms with Crippen LogP contribution in [-0.2, 0) is 4.79 Å². The van der Waals surface area contributed by atoms with Crippen molar-refractivity contribution in [3.8, 4) is 0 Å². The summed E-state index contributed by atoms with van der Waals surface area (Å²) < 4.78 is 6.10. The van der Waals surface area contributed by atoms with E-state index in [1.807, 2.05) is 19.1 Å². The van der Waals surface area contributed by atoms with Crippen molar-refractivity contribution in [2.24, 2.45) is 0 Å². The van der Waals surface area contributed by atoms with E-state index in [0.717, 1.165) is 9.33 Å². The Kier molecular flexibility index (Phi) is 5.15. The number of nitrogens with one attached hydrogen (secondary N) is 2. The number of halogens is 1. The molecule has 0 saturated heterocycles. The quantitative estimate of drug-likeness (QED) is 0.476. The zero-order chi connectivity index (χ0) is 15.2. The van der Waals surface area contributed by atoms with Gasteiger partial charge in [-0.05, 0) is 59.9 Å². The number of rotatable bonds is 3. The maximum absolute atomic E-state index is 11.9. The Hall–Kier alpha value is -2.09. The second kappa shape index (κ2) is 7.07. The molecule has 0 aliphatic heterocycles. The first-order valence-corrected chi connectivity index (χ1v) is 7.23. The standard InChI is InChI=1S/C15H13IN2O3/c1-10-6-7-11(21-10)8-9-14(19)17-18-15(20)12-4-2-3-5-13(12)16/h2-9H,1H3,(H,17,19)(H,18,20)/b9-8+. The molecule has 5 nitrogen and oxygen atoms in total. The van der Waals surface area contributed by atoms with Crippen molar-refractivity contribution in [2.45, 2.75) is 6.92 Å². The van der Waals surface area contributed by atoms with Crippen LogP contribution in [0.4, 0.5) is 0 Å². The van der Waals surface area contributed by atoms with Gasteiger partial charge in [0.15, 0.2) is 0 Å². The zero-order valence-electron chi connectivity index (χ0n) is 11.2. The van der Waals surface area contributed by atoms with Gasteiger partial charge in [-0.15, -0.1) is 0 Å². The van der Waals surface area contributed by atoms with Crippen molar-refractivity contribution in [2.75, 3.05) is 0 Å². The Labute approximate surface area is 135 Å². The average molecular weight is 396 g/mol. The predicted octanol–water partition coefficient (Wildman–Crippen LogP) is 2.67. The number of amides is 2. The lowest BCUT2D eigenvalue weighted by molar-refractivity contribution is -0.117. The van der Waals surface area contributed by atoms with Crippen LogP contribution in [0.25, 0.3) is 6.08 Å². The van der Waals surface area contributed by atoms with Crippen molar-refractivity contribution in [1.29, 1.82) is 0 Å². The fourth-order valence-corrected chi connectivity index (χ4v) is 2.21. The number of benzene rings is 1. The molecule has 21 heavy (non-hydrogen) atoms. The summed E-state index contributed by atoms with van der Waals surface area (Å²) in [4.78, 5) is 23.5. The lowest BCUT2D eigenvalue weighted by Crippen LogP contribution is -2.41. The van der Waals surface area contributed by atoms with E-state index in [0.29, 0.717) is 11.3 Å². The van der Waals surface area contributed by atoms with Crippen LogP contribution in [0.5, 0.6) is 0 Å². The van der Waals surface area contributed by atoms with E-state index in [1.165, 1.54) is 12.2 Å². The number of hydrogen-bond acceptors (Lipinski definition) is 3. The Bertz CT molecular complexity index is 692. The van der Waals surface area contributed by atoms with Gasteiger partial charge in [-0.2, -0.15) is 0 Å². The summed E-state index contributed by atoms with van der Waals surface area (Å²) >= 11 is 2.06. The smallest absolute Gasteiger partial charge is 0.270 e. The molecule has 0 aliphatic rings. The van der Waals surface area contributed by atoms with Gasteiger partial charge in [0.05, 0.1) is 5.56 Å². The van der Waals surface area contributed by atoms with Crippen molar-refractivity contribution in [3.05, 3.63) is 63.1 Å². The van der Waals surface area contributed by atoms with Gasteiger partial charge in [-0.3, -0.25) is 20.4 Å². The summed E-state index contributed by atoms with van der Waals surface area (Å²) in [6, 6.07) is 10.7. The van der Waals surface area contributed by atoms with Gasteiger partial charge >= 0.3 is 0 Å². The van der Waals surface area contributed by atoms with Gasteiger partial charge in [0.25, 0.3) is 11.8 Å². The molecule has 0 unspecified atom stereocenters. The van der Waals surface area contributed by atoms with E-state index in [9.17, 15) is 9.59 Å². The minimum atomic E-state index is -0.441. The van der Waals surface area contributed by atoms with Gasteiger partial charge in [-0.25, -0.2) is 0 Å². The fourth-order valence-electron chi connectivity index (χ4n) is 1.57. The van der Waals surface area contributed by atoms with Crippen LogP contribution in [0.3, 0.4) is 0 Å². The molecule has 0 radical (unpaired) electrons. The van der Waals surface area contributed by atoms with Crippen LogP contribution < -0.4 is 10.9 Å². The molecule has 0 fully saturated rings. The lowest BCUT2D eigenvalue weighted by atomic mass is 10.2. The highest BCUT2D eigenvalue weighted by Crippen LogP contribution is 2.10. The molecule has 0 atom stereocenters. The second-order valence-corrected chi connectivity index (χ2v) is 5.37. The molecule has 1 aromatic carbocycles.